The molecule has 1 atom stereocenters. The number of anilines is 1. The van der Waals surface area contributed by atoms with Crippen LogP contribution in [-0.4, -0.2) is 55.4 Å². The average molecular weight is 408 g/mol. The lowest BCUT2D eigenvalue weighted by Gasteiger charge is -2.20. The molecule has 2 rings (SSSR count). The first kappa shape index (κ1) is 22.0. The van der Waals surface area contributed by atoms with Crippen molar-refractivity contribution in [1.82, 2.24) is 15.5 Å². The Labute approximate surface area is 171 Å². The number of guanidine groups is 1. The van der Waals surface area contributed by atoms with Crippen molar-refractivity contribution in [2.75, 3.05) is 32.0 Å². The van der Waals surface area contributed by atoms with Crippen LogP contribution in [0.5, 0.6) is 0 Å². The van der Waals surface area contributed by atoms with E-state index < -0.39 is 0 Å². The van der Waals surface area contributed by atoms with Gasteiger partial charge in [0.25, 0.3) is 0 Å². The van der Waals surface area contributed by atoms with Crippen molar-refractivity contribution in [3.8, 4) is 0 Å². The van der Waals surface area contributed by atoms with Crippen molar-refractivity contribution >= 4 is 35.1 Å². The second-order valence-electron chi connectivity index (χ2n) is 7.28. The minimum Gasteiger partial charge on any atom is -0.356 e. The molecule has 0 radical (unpaired) electrons. The summed E-state index contributed by atoms with van der Waals surface area (Å²) in [5, 5.41) is 9.98. The number of halogens is 1. The number of nitrogens with one attached hydrogen (secondary N) is 3. The van der Waals surface area contributed by atoms with E-state index in [1.165, 1.54) is 0 Å². The molecule has 0 aromatic heterocycles. The van der Waals surface area contributed by atoms with Gasteiger partial charge in [0.15, 0.2) is 5.96 Å². The molecule has 0 spiro atoms. The molecule has 1 aliphatic heterocycles. The summed E-state index contributed by atoms with van der Waals surface area (Å²) in [4.78, 5) is 30.4. The molecular formula is C20H30ClN5O2. The summed E-state index contributed by atoms with van der Waals surface area (Å²) in [5.41, 5.74) is 1.57. The van der Waals surface area contributed by atoms with Crippen LogP contribution in [0.4, 0.5) is 5.69 Å². The molecule has 0 saturated carbocycles. The molecule has 154 valence electrons. The molecule has 1 aromatic carbocycles. The van der Waals surface area contributed by atoms with Gasteiger partial charge in [-0.1, -0.05) is 31.5 Å². The highest BCUT2D eigenvalue weighted by Gasteiger charge is 2.27. The third kappa shape index (κ3) is 6.12. The van der Waals surface area contributed by atoms with E-state index in [-0.39, 0.29) is 23.8 Å². The van der Waals surface area contributed by atoms with Gasteiger partial charge in [0.05, 0.1) is 0 Å². The standard InChI is InChI=1S/C20H30ClN5O2/c1-13(2)19(28)26-11-9-15(12-26)24-20(22-4)23-10-8-18(27)25-17-7-5-6-16(21)14(17)3/h5-7,13,15H,8-12H2,1-4H3,(H,25,27)(H2,22,23,24). The summed E-state index contributed by atoms with van der Waals surface area (Å²) >= 11 is 6.08. The summed E-state index contributed by atoms with van der Waals surface area (Å²) < 4.78 is 0. The van der Waals surface area contributed by atoms with Gasteiger partial charge in [-0.2, -0.15) is 0 Å². The van der Waals surface area contributed by atoms with E-state index in [0.717, 1.165) is 24.2 Å². The average Bonchev–Trinajstić information content (AvgIpc) is 3.12. The van der Waals surface area contributed by atoms with Crippen LogP contribution in [0.2, 0.25) is 5.02 Å². The van der Waals surface area contributed by atoms with Crippen molar-refractivity contribution in [3.63, 3.8) is 0 Å². The first-order chi connectivity index (χ1) is 13.3. The number of hydrogen-bond donors (Lipinski definition) is 3. The Kier molecular flexibility index (Phi) is 8.11. The highest BCUT2D eigenvalue weighted by atomic mass is 35.5. The molecule has 1 unspecified atom stereocenters. The third-order valence-corrected chi connectivity index (χ3v) is 5.15. The quantitative estimate of drug-likeness (QED) is 0.499. The van der Waals surface area contributed by atoms with Crippen LogP contribution in [0.3, 0.4) is 0 Å². The van der Waals surface area contributed by atoms with E-state index >= 15 is 0 Å². The Bertz CT molecular complexity index is 735. The lowest BCUT2D eigenvalue weighted by Crippen LogP contribution is -2.45. The van der Waals surface area contributed by atoms with E-state index in [1.54, 1.807) is 13.1 Å². The minimum absolute atomic E-state index is 0.0119. The van der Waals surface area contributed by atoms with Gasteiger partial charge in [-0.05, 0) is 31.0 Å². The highest BCUT2D eigenvalue weighted by Crippen LogP contribution is 2.22. The SMILES string of the molecule is CN=C(NCCC(=O)Nc1cccc(Cl)c1C)NC1CCN(C(=O)C(C)C)C1. The normalized spacial score (nSPS) is 17.0. The van der Waals surface area contributed by atoms with Gasteiger partial charge in [-0.25, -0.2) is 0 Å². The van der Waals surface area contributed by atoms with E-state index in [1.807, 2.05) is 37.8 Å². The maximum atomic E-state index is 12.2. The number of rotatable bonds is 6. The van der Waals surface area contributed by atoms with Gasteiger partial charge in [-0.3, -0.25) is 14.6 Å². The van der Waals surface area contributed by atoms with Gasteiger partial charge in [0.2, 0.25) is 11.8 Å². The van der Waals surface area contributed by atoms with Crippen LogP contribution in [-0.2, 0) is 9.59 Å². The molecular weight excluding hydrogens is 378 g/mol. The van der Waals surface area contributed by atoms with Crippen molar-refractivity contribution in [1.29, 1.82) is 0 Å². The Morgan fingerprint density at radius 3 is 2.79 bits per heavy atom. The molecule has 0 bridgehead atoms. The van der Waals surface area contributed by atoms with Crippen molar-refractivity contribution in [3.05, 3.63) is 28.8 Å². The largest absolute Gasteiger partial charge is 0.356 e. The molecule has 8 heteroatoms. The molecule has 7 nitrogen and oxygen atoms in total. The minimum atomic E-state index is -0.0945. The van der Waals surface area contributed by atoms with E-state index in [0.29, 0.717) is 30.5 Å². The number of carbonyl (C=O) groups is 2. The van der Waals surface area contributed by atoms with Crippen molar-refractivity contribution in [2.45, 2.75) is 39.7 Å². The third-order valence-electron chi connectivity index (χ3n) is 4.74. The zero-order chi connectivity index (χ0) is 20.7. The van der Waals surface area contributed by atoms with Gasteiger partial charge < -0.3 is 20.9 Å². The number of hydrogen-bond acceptors (Lipinski definition) is 3. The number of carbonyl (C=O) groups excluding carboxylic acids is 2. The Morgan fingerprint density at radius 1 is 1.36 bits per heavy atom. The summed E-state index contributed by atoms with van der Waals surface area (Å²) in [7, 11) is 1.69. The van der Waals surface area contributed by atoms with Crippen molar-refractivity contribution in [2.24, 2.45) is 10.9 Å². The second-order valence-corrected chi connectivity index (χ2v) is 7.69. The van der Waals surface area contributed by atoms with Gasteiger partial charge >= 0.3 is 0 Å². The lowest BCUT2D eigenvalue weighted by atomic mass is 10.2. The lowest BCUT2D eigenvalue weighted by molar-refractivity contribution is -0.133. The maximum Gasteiger partial charge on any atom is 0.226 e. The fraction of sp³-hybridized carbons (Fsp3) is 0.550. The number of amides is 2. The molecule has 1 fully saturated rings. The first-order valence-electron chi connectivity index (χ1n) is 9.62. The zero-order valence-corrected chi connectivity index (χ0v) is 17.8. The topological polar surface area (TPSA) is 85.8 Å². The number of aliphatic imine (C=N–C) groups is 1. The van der Waals surface area contributed by atoms with Crippen LogP contribution < -0.4 is 16.0 Å². The molecule has 3 N–H and O–H groups in total. The predicted molar refractivity (Wildman–Crippen MR) is 114 cm³/mol. The molecule has 28 heavy (non-hydrogen) atoms. The Balaban J connectivity index is 1.75. The summed E-state index contributed by atoms with van der Waals surface area (Å²) in [5.74, 6) is 0.733. The molecule has 1 heterocycles. The number of benzene rings is 1. The number of nitrogens with zero attached hydrogens (tertiary/aromatic N) is 2. The molecule has 1 aliphatic rings. The first-order valence-corrected chi connectivity index (χ1v) is 10.0. The Hall–Kier alpha value is -2.28. The van der Waals surface area contributed by atoms with Crippen LogP contribution in [0, 0.1) is 12.8 Å². The fourth-order valence-corrected chi connectivity index (χ4v) is 3.26. The molecule has 2 amide bonds. The summed E-state index contributed by atoms with van der Waals surface area (Å²) in [6.45, 7) is 7.59. The second kappa shape index (κ2) is 10.3. The summed E-state index contributed by atoms with van der Waals surface area (Å²) in [6, 6.07) is 5.60. The Morgan fingerprint density at radius 2 is 2.11 bits per heavy atom. The van der Waals surface area contributed by atoms with Gasteiger partial charge in [-0.15, -0.1) is 0 Å². The van der Waals surface area contributed by atoms with Gasteiger partial charge in [0.1, 0.15) is 0 Å². The van der Waals surface area contributed by atoms with E-state index in [4.69, 9.17) is 11.6 Å². The predicted octanol–water partition coefficient (Wildman–Crippen LogP) is 2.40. The monoisotopic (exact) mass is 407 g/mol. The summed E-state index contributed by atoms with van der Waals surface area (Å²) in [6.07, 6.45) is 1.18. The van der Waals surface area contributed by atoms with Crippen LogP contribution in [0.1, 0.15) is 32.3 Å². The van der Waals surface area contributed by atoms with Crippen LogP contribution in [0.25, 0.3) is 0 Å². The van der Waals surface area contributed by atoms with Crippen molar-refractivity contribution < 1.29 is 9.59 Å². The van der Waals surface area contributed by atoms with Crippen LogP contribution in [0.15, 0.2) is 23.2 Å². The van der Waals surface area contributed by atoms with Crippen LogP contribution >= 0.6 is 11.6 Å². The number of likely N-dealkylation sites (tertiary alicyclic amines) is 1. The smallest absolute Gasteiger partial charge is 0.226 e. The highest BCUT2D eigenvalue weighted by molar-refractivity contribution is 6.31. The zero-order valence-electron chi connectivity index (χ0n) is 17.0. The fourth-order valence-electron chi connectivity index (χ4n) is 3.08. The van der Waals surface area contributed by atoms with E-state index in [2.05, 4.69) is 20.9 Å². The molecule has 0 aliphatic carbocycles. The van der Waals surface area contributed by atoms with E-state index in [9.17, 15) is 9.59 Å². The maximum absolute atomic E-state index is 12.2. The van der Waals surface area contributed by atoms with Gasteiger partial charge in [0, 0.05) is 55.8 Å². The molecule has 1 saturated heterocycles. The molecule has 1 aromatic rings.